The molecule has 122 valence electrons. The van der Waals surface area contributed by atoms with Gasteiger partial charge in [0.25, 0.3) is 0 Å². The summed E-state index contributed by atoms with van der Waals surface area (Å²) in [6, 6.07) is 1.08. The minimum Gasteiger partial charge on any atom is -0.378 e. The van der Waals surface area contributed by atoms with Crippen molar-refractivity contribution in [2.24, 2.45) is 0 Å². The summed E-state index contributed by atoms with van der Waals surface area (Å²) in [4.78, 5) is 10.6. The summed E-state index contributed by atoms with van der Waals surface area (Å²) in [5, 5.41) is 8.40. The van der Waals surface area contributed by atoms with Crippen molar-refractivity contribution in [2.75, 3.05) is 12.0 Å². The Kier molecular flexibility index (Phi) is 3.68. The van der Waals surface area contributed by atoms with E-state index in [2.05, 4.69) is 25.2 Å². The molecule has 2 saturated heterocycles. The number of rotatable bonds is 4. The van der Waals surface area contributed by atoms with Gasteiger partial charge in [-0.3, -0.25) is 0 Å². The number of methoxy groups -OCH3 is 1. The molecule has 2 aromatic heterocycles. The predicted molar refractivity (Wildman–Crippen MR) is 80.3 cm³/mol. The monoisotopic (exact) mass is 318 g/mol. The molecule has 2 unspecified atom stereocenters. The molecule has 0 aliphatic carbocycles. The number of anilines is 1. The molecule has 2 fully saturated rings. The molecule has 2 aliphatic heterocycles. The van der Waals surface area contributed by atoms with Crippen molar-refractivity contribution >= 4 is 5.95 Å². The van der Waals surface area contributed by atoms with Crippen molar-refractivity contribution < 1.29 is 9.13 Å². The van der Waals surface area contributed by atoms with Gasteiger partial charge in [-0.1, -0.05) is 5.21 Å². The van der Waals surface area contributed by atoms with Crippen LogP contribution in [0.4, 0.5) is 10.3 Å². The first kappa shape index (κ1) is 14.5. The van der Waals surface area contributed by atoms with Crippen molar-refractivity contribution in [3.8, 4) is 0 Å². The summed E-state index contributed by atoms with van der Waals surface area (Å²) in [6.07, 6.45) is 8.63. The van der Waals surface area contributed by atoms with E-state index in [4.69, 9.17) is 4.74 Å². The second-order valence-corrected chi connectivity index (χ2v) is 6.24. The molecule has 2 aliphatic rings. The van der Waals surface area contributed by atoms with Crippen molar-refractivity contribution in [2.45, 2.75) is 50.4 Å². The molecule has 0 spiro atoms. The number of piperidine rings is 1. The Balaban J connectivity index is 1.51. The van der Waals surface area contributed by atoms with Crippen molar-refractivity contribution in [3.05, 3.63) is 30.1 Å². The van der Waals surface area contributed by atoms with Gasteiger partial charge in [0.15, 0.2) is 5.82 Å². The lowest BCUT2D eigenvalue weighted by Gasteiger charge is -2.38. The molecule has 2 bridgehead atoms. The lowest BCUT2D eigenvalue weighted by molar-refractivity contribution is 0.181. The van der Waals surface area contributed by atoms with E-state index in [9.17, 15) is 4.39 Å². The summed E-state index contributed by atoms with van der Waals surface area (Å²) >= 11 is 0. The molecule has 0 amide bonds. The van der Waals surface area contributed by atoms with Gasteiger partial charge in [0, 0.05) is 19.2 Å². The molecule has 4 rings (SSSR count). The van der Waals surface area contributed by atoms with E-state index in [0.29, 0.717) is 30.7 Å². The van der Waals surface area contributed by atoms with Crippen LogP contribution in [0.2, 0.25) is 0 Å². The second kappa shape index (κ2) is 5.84. The van der Waals surface area contributed by atoms with E-state index >= 15 is 0 Å². The fourth-order valence-electron chi connectivity index (χ4n) is 3.84. The normalized spacial score (nSPS) is 26.7. The van der Waals surface area contributed by atoms with Crippen LogP contribution in [0, 0.1) is 5.82 Å². The van der Waals surface area contributed by atoms with Gasteiger partial charge in [-0.25, -0.2) is 19.0 Å². The minimum absolute atomic E-state index is 0.335. The van der Waals surface area contributed by atoms with Gasteiger partial charge in [-0.15, -0.1) is 5.10 Å². The Morgan fingerprint density at radius 3 is 2.52 bits per heavy atom. The first-order valence-corrected chi connectivity index (χ1v) is 7.90. The van der Waals surface area contributed by atoms with Gasteiger partial charge in [0.2, 0.25) is 5.95 Å². The molecule has 7 nitrogen and oxygen atoms in total. The quantitative estimate of drug-likeness (QED) is 0.855. The lowest BCUT2D eigenvalue weighted by Crippen LogP contribution is -2.44. The molecular weight excluding hydrogens is 299 g/mol. The number of hydrogen-bond acceptors (Lipinski definition) is 6. The van der Waals surface area contributed by atoms with Crippen LogP contribution in [-0.4, -0.2) is 44.2 Å². The smallest absolute Gasteiger partial charge is 0.225 e. The van der Waals surface area contributed by atoms with Crippen molar-refractivity contribution in [1.82, 2.24) is 25.0 Å². The third kappa shape index (κ3) is 2.67. The van der Waals surface area contributed by atoms with Crippen LogP contribution in [-0.2, 0) is 11.3 Å². The topological polar surface area (TPSA) is 69.0 Å². The number of nitrogens with zero attached hydrogens (tertiary/aromatic N) is 6. The number of aromatic nitrogens is 5. The average molecular weight is 318 g/mol. The molecule has 0 saturated carbocycles. The average Bonchev–Trinajstić information content (AvgIpc) is 3.11. The van der Waals surface area contributed by atoms with Crippen LogP contribution in [0.15, 0.2) is 18.6 Å². The van der Waals surface area contributed by atoms with Crippen LogP contribution in [0.3, 0.4) is 0 Å². The Morgan fingerprint density at radius 2 is 1.87 bits per heavy atom. The zero-order chi connectivity index (χ0) is 15.8. The molecule has 4 heterocycles. The van der Waals surface area contributed by atoms with E-state index in [0.717, 1.165) is 31.4 Å². The van der Waals surface area contributed by atoms with Crippen LogP contribution in [0.5, 0.6) is 0 Å². The number of halogens is 1. The SMILES string of the molecule is COCc1cn(C2CC3CCC(C2)N3c2ncc(F)cn2)nn1. The van der Waals surface area contributed by atoms with E-state index in [1.54, 1.807) is 7.11 Å². The Labute approximate surface area is 133 Å². The standard InChI is InChI=1S/C15H19FN6O/c1-23-9-11-8-21(20-19-11)14-4-12-2-3-13(5-14)22(12)15-17-6-10(16)7-18-15/h6-8,12-14H,2-5,9H2,1H3. The highest BCUT2D eigenvalue weighted by atomic mass is 19.1. The summed E-state index contributed by atoms with van der Waals surface area (Å²) in [5.74, 6) is 0.236. The van der Waals surface area contributed by atoms with Crippen LogP contribution < -0.4 is 4.90 Å². The van der Waals surface area contributed by atoms with E-state index < -0.39 is 5.82 Å². The van der Waals surface area contributed by atoms with Gasteiger partial charge in [0.1, 0.15) is 5.69 Å². The van der Waals surface area contributed by atoms with Crippen LogP contribution in [0.25, 0.3) is 0 Å². The predicted octanol–water partition coefficient (Wildman–Crippen LogP) is 1.73. The Morgan fingerprint density at radius 1 is 1.17 bits per heavy atom. The molecular formula is C15H19FN6O. The van der Waals surface area contributed by atoms with Gasteiger partial charge in [0.05, 0.1) is 31.2 Å². The number of fused-ring (bicyclic) bond motifs is 2. The van der Waals surface area contributed by atoms with E-state index in [1.165, 1.54) is 12.4 Å². The number of ether oxygens (including phenoxy) is 1. The second-order valence-electron chi connectivity index (χ2n) is 6.24. The largest absolute Gasteiger partial charge is 0.378 e. The Bertz CT molecular complexity index is 661. The summed E-state index contributed by atoms with van der Waals surface area (Å²) in [6.45, 7) is 0.481. The van der Waals surface area contributed by atoms with Crippen molar-refractivity contribution in [3.63, 3.8) is 0 Å². The number of hydrogen-bond donors (Lipinski definition) is 0. The highest BCUT2D eigenvalue weighted by molar-refractivity contribution is 5.36. The lowest BCUT2D eigenvalue weighted by atomic mass is 9.98. The zero-order valence-electron chi connectivity index (χ0n) is 13.0. The van der Waals surface area contributed by atoms with Crippen molar-refractivity contribution in [1.29, 1.82) is 0 Å². The van der Waals surface area contributed by atoms with Crippen LogP contribution >= 0.6 is 0 Å². The van der Waals surface area contributed by atoms with Gasteiger partial charge < -0.3 is 9.64 Å². The van der Waals surface area contributed by atoms with Gasteiger partial charge in [-0.05, 0) is 25.7 Å². The first-order chi connectivity index (χ1) is 11.2. The van der Waals surface area contributed by atoms with E-state index in [1.807, 2.05) is 10.9 Å². The van der Waals surface area contributed by atoms with Gasteiger partial charge in [-0.2, -0.15) is 0 Å². The highest BCUT2D eigenvalue weighted by Gasteiger charge is 2.42. The first-order valence-electron chi connectivity index (χ1n) is 7.90. The molecule has 2 aromatic rings. The summed E-state index contributed by atoms with van der Waals surface area (Å²) < 4.78 is 20.1. The fourth-order valence-corrected chi connectivity index (χ4v) is 3.84. The molecule has 0 aromatic carbocycles. The maximum atomic E-state index is 13.0. The van der Waals surface area contributed by atoms with Crippen LogP contribution in [0.1, 0.15) is 37.4 Å². The van der Waals surface area contributed by atoms with E-state index in [-0.39, 0.29) is 0 Å². The maximum absolute atomic E-state index is 13.0. The Hall–Kier alpha value is -2.09. The highest BCUT2D eigenvalue weighted by Crippen LogP contribution is 2.41. The molecule has 0 radical (unpaired) electrons. The maximum Gasteiger partial charge on any atom is 0.225 e. The van der Waals surface area contributed by atoms with Gasteiger partial charge >= 0.3 is 0 Å². The zero-order valence-corrected chi connectivity index (χ0v) is 13.0. The third-order valence-electron chi connectivity index (χ3n) is 4.77. The summed E-state index contributed by atoms with van der Waals surface area (Å²) in [7, 11) is 1.65. The molecule has 0 N–H and O–H groups in total. The third-order valence-corrected chi connectivity index (χ3v) is 4.77. The minimum atomic E-state index is -0.399. The fraction of sp³-hybridized carbons (Fsp3) is 0.600. The summed E-state index contributed by atoms with van der Waals surface area (Å²) in [5.41, 5.74) is 0.851. The molecule has 2 atom stereocenters. The molecule has 23 heavy (non-hydrogen) atoms. The molecule has 8 heteroatoms.